The Kier molecular flexibility index (Phi) is 3.86. The summed E-state index contributed by atoms with van der Waals surface area (Å²) in [4.78, 5) is 28.1. The average molecular weight is 341 g/mol. The minimum Gasteiger partial charge on any atom is -0.478 e. The molecule has 4 aromatic rings. The van der Waals surface area contributed by atoms with Crippen LogP contribution < -0.4 is 0 Å². The van der Waals surface area contributed by atoms with Crippen LogP contribution in [0.4, 0.5) is 0 Å². The third-order valence-corrected chi connectivity index (χ3v) is 4.38. The van der Waals surface area contributed by atoms with Crippen molar-refractivity contribution < 1.29 is 14.7 Å². The first-order valence-electron chi connectivity index (χ1n) is 8.19. The third kappa shape index (κ3) is 2.67. The van der Waals surface area contributed by atoms with Crippen molar-refractivity contribution in [2.45, 2.75) is 0 Å². The number of rotatable bonds is 4. The lowest BCUT2D eigenvalue weighted by molar-refractivity contribution is 0.0693. The van der Waals surface area contributed by atoms with Gasteiger partial charge in [-0.2, -0.15) is 0 Å². The maximum atomic E-state index is 13.1. The second-order valence-corrected chi connectivity index (χ2v) is 6.00. The molecule has 26 heavy (non-hydrogen) atoms. The standard InChI is InChI=1S/C22H15NO3/c24-21(14-7-2-1-3-8-14)20-16(10-6-11-17(20)22(25)26)19-13-15-9-4-5-12-18(15)23-19/h1-13,23H,(H,25,26). The molecule has 0 atom stereocenters. The van der Waals surface area contributed by atoms with E-state index in [1.807, 2.05) is 36.4 Å². The van der Waals surface area contributed by atoms with Crippen LogP contribution in [0.1, 0.15) is 26.3 Å². The van der Waals surface area contributed by atoms with Gasteiger partial charge < -0.3 is 10.1 Å². The number of H-pyrrole nitrogens is 1. The number of fused-ring (bicyclic) bond motifs is 1. The molecule has 0 aliphatic rings. The van der Waals surface area contributed by atoms with Gasteiger partial charge in [0.15, 0.2) is 5.78 Å². The number of aromatic amines is 1. The van der Waals surface area contributed by atoms with E-state index in [0.717, 1.165) is 10.9 Å². The van der Waals surface area contributed by atoms with Crippen molar-refractivity contribution in [3.8, 4) is 11.3 Å². The van der Waals surface area contributed by atoms with Crippen LogP contribution in [-0.4, -0.2) is 21.8 Å². The molecule has 1 aromatic heterocycles. The Balaban J connectivity index is 1.96. The Bertz CT molecular complexity index is 1090. The Morgan fingerprint density at radius 2 is 1.54 bits per heavy atom. The van der Waals surface area contributed by atoms with E-state index in [1.165, 1.54) is 6.07 Å². The van der Waals surface area contributed by atoms with Gasteiger partial charge in [-0.05, 0) is 18.2 Å². The number of nitrogens with one attached hydrogen (secondary N) is 1. The molecule has 0 amide bonds. The van der Waals surface area contributed by atoms with Crippen molar-refractivity contribution in [2.24, 2.45) is 0 Å². The second-order valence-electron chi connectivity index (χ2n) is 6.00. The smallest absolute Gasteiger partial charge is 0.336 e. The number of para-hydroxylation sites is 1. The van der Waals surface area contributed by atoms with Gasteiger partial charge in [0.05, 0.1) is 5.56 Å². The highest BCUT2D eigenvalue weighted by atomic mass is 16.4. The van der Waals surface area contributed by atoms with Gasteiger partial charge in [-0.3, -0.25) is 4.79 Å². The van der Waals surface area contributed by atoms with E-state index >= 15 is 0 Å². The molecule has 0 unspecified atom stereocenters. The van der Waals surface area contributed by atoms with E-state index in [-0.39, 0.29) is 16.9 Å². The highest BCUT2D eigenvalue weighted by Gasteiger charge is 2.23. The summed E-state index contributed by atoms with van der Waals surface area (Å²) < 4.78 is 0. The molecule has 4 nitrogen and oxygen atoms in total. The number of carboxylic acids is 1. The van der Waals surface area contributed by atoms with Crippen LogP contribution >= 0.6 is 0 Å². The number of benzene rings is 3. The predicted molar refractivity (Wildman–Crippen MR) is 101 cm³/mol. The minimum atomic E-state index is -1.12. The van der Waals surface area contributed by atoms with Crippen LogP contribution in [0.2, 0.25) is 0 Å². The van der Waals surface area contributed by atoms with Crippen molar-refractivity contribution in [1.29, 1.82) is 0 Å². The zero-order chi connectivity index (χ0) is 18.1. The molecule has 0 aliphatic heterocycles. The van der Waals surface area contributed by atoms with Crippen molar-refractivity contribution in [3.05, 3.63) is 95.6 Å². The van der Waals surface area contributed by atoms with Gasteiger partial charge in [-0.25, -0.2) is 4.79 Å². The van der Waals surface area contributed by atoms with Crippen molar-refractivity contribution in [3.63, 3.8) is 0 Å². The SMILES string of the molecule is O=C(O)c1cccc(-c2cc3ccccc3[nH]2)c1C(=O)c1ccccc1. The fourth-order valence-corrected chi connectivity index (χ4v) is 3.15. The molecule has 0 saturated carbocycles. The van der Waals surface area contributed by atoms with Gasteiger partial charge in [0.1, 0.15) is 0 Å². The summed E-state index contributed by atoms with van der Waals surface area (Å²) in [7, 11) is 0. The maximum Gasteiger partial charge on any atom is 0.336 e. The van der Waals surface area contributed by atoms with Gasteiger partial charge in [-0.15, -0.1) is 0 Å². The van der Waals surface area contributed by atoms with E-state index in [9.17, 15) is 14.7 Å². The van der Waals surface area contributed by atoms with E-state index < -0.39 is 5.97 Å². The van der Waals surface area contributed by atoms with Gasteiger partial charge in [-0.1, -0.05) is 60.7 Å². The van der Waals surface area contributed by atoms with Gasteiger partial charge >= 0.3 is 5.97 Å². The molecular formula is C22H15NO3. The van der Waals surface area contributed by atoms with Gasteiger partial charge in [0.2, 0.25) is 0 Å². The summed E-state index contributed by atoms with van der Waals surface area (Å²) in [5.41, 5.74) is 2.87. The summed E-state index contributed by atoms with van der Waals surface area (Å²) in [6.45, 7) is 0. The molecule has 0 saturated heterocycles. The van der Waals surface area contributed by atoms with E-state index in [2.05, 4.69) is 4.98 Å². The Labute approximate surface area is 149 Å². The Morgan fingerprint density at radius 3 is 2.27 bits per heavy atom. The molecule has 0 spiro atoms. The summed E-state index contributed by atoms with van der Waals surface area (Å²) >= 11 is 0. The van der Waals surface area contributed by atoms with Crippen LogP contribution in [0.15, 0.2) is 78.9 Å². The summed E-state index contributed by atoms with van der Waals surface area (Å²) in [6, 6.07) is 23.3. The summed E-state index contributed by atoms with van der Waals surface area (Å²) in [6.07, 6.45) is 0. The third-order valence-electron chi connectivity index (χ3n) is 4.38. The molecule has 0 fully saturated rings. The maximum absolute atomic E-state index is 13.1. The van der Waals surface area contributed by atoms with Crippen molar-refractivity contribution in [1.82, 2.24) is 4.98 Å². The van der Waals surface area contributed by atoms with Crippen LogP contribution in [0.5, 0.6) is 0 Å². The van der Waals surface area contributed by atoms with Crippen LogP contribution in [-0.2, 0) is 0 Å². The zero-order valence-electron chi connectivity index (χ0n) is 13.8. The van der Waals surface area contributed by atoms with Crippen molar-refractivity contribution in [2.75, 3.05) is 0 Å². The molecule has 0 bridgehead atoms. The van der Waals surface area contributed by atoms with Crippen LogP contribution in [0, 0.1) is 0 Å². The lowest BCUT2D eigenvalue weighted by Gasteiger charge is -2.11. The first kappa shape index (κ1) is 15.8. The number of carboxylic acid groups (broad SMARTS) is 1. The summed E-state index contributed by atoms with van der Waals surface area (Å²) in [5, 5.41) is 10.6. The molecule has 0 aliphatic carbocycles. The molecule has 126 valence electrons. The predicted octanol–water partition coefficient (Wildman–Crippen LogP) is 4.76. The van der Waals surface area contributed by atoms with E-state index in [1.54, 1.807) is 36.4 Å². The molecule has 2 N–H and O–H groups in total. The first-order valence-corrected chi connectivity index (χ1v) is 8.19. The normalized spacial score (nSPS) is 10.8. The molecule has 3 aromatic carbocycles. The van der Waals surface area contributed by atoms with Crippen LogP contribution in [0.3, 0.4) is 0 Å². The lowest BCUT2D eigenvalue weighted by atomic mass is 9.92. The molecule has 1 heterocycles. The number of aromatic carboxylic acids is 1. The van der Waals surface area contributed by atoms with E-state index in [0.29, 0.717) is 16.8 Å². The van der Waals surface area contributed by atoms with Gasteiger partial charge in [0.25, 0.3) is 0 Å². The van der Waals surface area contributed by atoms with Crippen molar-refractivity contribution >= 4 is 22.7 Å². The monoisotopic (exact) mass is 341 g/mol. The lowest BCUT2D eigenvalue weighted by Crippen LogP contribution is -2.11. The van der Waals surface area contributed by atoms with Gasteiger partial charge in [0, 0.05) is 33.3 Å². The Morgan fingerprint density at radius 1 is 0.808 bits per heavy atom. The highest BCUT2D eigenvalue weighted by molar-refractivity contribution is 6.18. The topological polar surface area (TPSA) is 70.2 Å². The summed E-state index contributed by atoms with van der Waals surface area (Å²) in [5.74, 6) is -1.43. The fraction of sp³-hybridized carbons (Fsp3) is 0. The first-order chi connectivity index (χ1) is 12.6. The number of carbonyl (C=O) groups is 2. The fourth-order valence-electron chi connectivity index (χ4n) is 3.15. The Hall–Kier alpha value is -3.66. The number of aromatic nitrogens is 1. The number of hydrogen-bond donors (Lipinski definition) is 2. The number of hydrogen-bond acceptors (Lipinski definition) is 2. The highest BCUT2D eigenvalue weighted by Crippen LogP contribution is 2.30. The second kappa shape index (κ2) is 6.33. The molecule has 0 radical (unpaired) electrons. The molecular weight excluding hydrogens is 326 g/mol. The minimum absolute atomic E-state index is 0.00462. The van der Waals surface area contributed by atoms with E-state index in [4.69, 9.17) is 0 Å². The largest absolute Gasteiger partial charge is 0.478 e. The average Bonchev–Trinajstić information content (AvgIpc) is 3.11. The molecule has 4 heteroatoms. The van der Waals surface area contributed by atoms with Crippen LogP contribution in [0.25, 0.3) is 22.2 Å². The number of carbonyl (C=O) groups excluding carboxylic acids is 1. The molecule has 4 rings (SSSR count). The number of ketones is 1. The zero-order valence-corrected chi connectivity index (χ0v) is 13.8. The quantitative estimate of drug-likeness (QED) is 0.526.